The summed E-state index contributed by atoms with van der Waals surface area (Å²) < 4.78 is 29.3. The van der Waals surface area contributed by atoms with Crippen molar-refractivity contribution in [1.29, 1.82) is 0 Å². The molecule has 0 bridgehead atoms. The second kappa shape index (κ2) is 10.3. The Labute approximate surface area is 183 Å². The highest BCUT2D eigenvalue weighted by molar-refractivity contribution is 7.22. The van der Waals surface area contributed by atoms with Crippen molar-refractivity contribution < 1.29 is 13.6 Å². The largest absolute Gasteiger partial charge is 0.302 e. The molecule has 1 aromatic heterocycles. The van der Waals surface area contributed by atoms with Crippen LogP contribution in [-0.4, -0.2) is 42.0 Å². The third-order valence-electron chi connectivity index (χ3n) is 4.53. The highest BCUT2D eigenvalue weighted by Gasteiger charge is 2.26. The number of nitrogens with zero attached hydrogens (tertiary/aromatic N) is 3. The zero-order valence-corrected chi connectivity index (χ0v) is 18.4. The average Bonchev–Trinajstić information content (AvgIpc) is 3.07. The molecule has 1 amide bonds. The SMILES string of the molecule is CCN(CC)CCN(C(=O)c1c(F)cccc1F)c1nc2ccc(Cl)cc2s1.Cl. The van der Waals surface area contributed by atoms with E-state index in [0.717, 1.165) is 29.9 Å². The summed E-state index contributed by atoms with van der Waals surface area (Å²) in [5.74, 6) is -2.52. The van der Waals surface area contributed by atoms with Crippen molar-refractivity contribution in [3.8, 4) is 0 Å². The number of halogens is 4. The normalized spacial score (nSPS) is 11.0. The minimum absolute atomic E-state index is 0. The lowest BCUT2D eigenvalue weighted by Crippen LogP contribution is -2.39. The maximum atomic E-state index is 14.2. The average molecular weight is 460 g/mol. The van der Waals surface area contributed by atoms with E-state index >= 15 is 0 Å². The first-order chi connectivity index (χ1) is 13.4. The topological polar surface area (TPSA) is 36.4 Å². The molecule has 0 atom stereocenters. The summed E-state index contributed by atoms with van der Waals surface area (Å²) in [4.78, 5) is 21.1. The van der Waals surface area contributed by atoms with Gasteiger partial charge in [-0.25, -0.2) is 13.8 Å². The van der Waals surface area contributed by atoms with Gasteiger partial charge < -0.3 is 4.90 Å². The monoisotopic (exact) mass is 459 g/mol. The first-order valence-electron chi connectivity index (χ1n) is 8.98. The molecule has 0 saturated heterocycles. The predicted octanol–water partition coefficient (Wildman–Crippen LogP) is 5.64. The number of amides is 1. The summed E-state index contributed by atoms with van der Waals surface area (Å²) in [5.41, 5.74) is 0.110. The second-order valence-electron chi connectivity index (χ2n) is 6.19. The Morgan fingerprint density at radius 3 is 2.38 bits per heavy atom. The molecule has 0 N–H and O–H groups in total. The Morgan fingerprint density at radius 1 is 1.10 bits per heavy atom. The lowest BCUT2D eigenvalue weighted by atomic mass is 10.1. The van der Waals surface area contributed by atoms with Crippen molar-refractivity contribution in [1.82, 2.24) is 9.88 Å². The molecule has 1 heterocycles. The number of hydrogen-bond acceptors (Lipinski definition) is 4. The summed E-state index contributed by atoms with van der Waals surface area (Å²) >= 11 is 7.31. The van der Waals surface area contributed by atoms with Gasteiger partial charge in [-0.15, -0.1) is 12.4 Å². The molecular weight excluding hydrogens is 439 g/mol. The van der Waals surface area contributed by atoms with Gasteiger partial charge in [0.15, 0.2) is 5.13 Å². The number of fused-ring (bicyclic) bond motifs is 1. The maximum Gasteiger partial charge on any atom is 0.266 e. The maximum absolute atomic E-state index is 14.2. The summed E-state index contributed by atoms with van der Waals surface area (Å²) in [7, 11) is 0. The highest BCUT2D eigenvalue weighted by atomic mass is 35.5. The van der Waals surface area contributed by atoms with Gasteiger partial charge in [0.05, 0.1) is 10.2 Å². The van der Waals surface area contributed by atoms with E-state index in [1.54, 1.807) is 18.2 Å². The number of rotatable bonds is 7. The van der Waals surface area contributed by atoms with E-state index in [9.17, 15) is 13.6 Å². The predicted molar refractivity (Wildman–Crippen MR) is 118 cm³/mol. The van der Waals surface area contributed by atoms with E-state index in [1.165, 1.54) is 22.3 Å². The van der Waals surface area contributed by atoms with Crippen molar-refractivity contribution in [2.45, 2.75) is 13.8 Å². The van der Waals surface area contributed by atoms with Crippen LogP contribution < -0.4 is 4.90 Å². The molecule has 0 aliphatic rings. The van der Waals surface area contributed by atoms with E-state index < -0.39 is 23.1 Å². The quantitative estimate of drug-likeness (QED) is 0.458. The number of hydrogen-bond donors (Lipinski definition) is 0. The Kier molecular flexibility index (Phi) is 8.34. The van der Waals surface area contributed by atoms with Gasteiger partial charge in [-0.1, -0.05) is 42.9 Å². The van der Waals surface area contributed by atoms with Gasteiger partial charge in [-0.2, -0.15) is 0 Å². The smallest absolute Gasteiger partial charge is 0.266 e. The number of anilines is 1. The van der Waals surface area contributed by atoms with Crippen LogP contribution in [0.4, 0.5) is 13.9 Å². The molecule has 4 nitrogen and oxygen atoms in total. The summed E-state index contributed by atoms with van der Waals surface area (Å²) in [5, 5.41) is 0.945. The minimum atomic E-state index is -0.887. The van der Waals surface area contributed by atoms with Gasteiger partial charge in [0, 0.05) is 18.1 Å². The number of benzene rings is 2. The third-order valence-corrected chi connectivity index (χ3v) is 5.80. The molecule has 0 unspecified atom stereocenters. The highest BCUT2D eigenvalue weighted by Crippen LogP contribution is 2.32. The Balaban J connectivity index is 0.00000300. The Hall–Kier alpha value is -1.80. The fourth-order valence-electron chi connectivity index (χ4n) is 2.90. The zero-order chi connectivity index (χ0) is 20.3. The van der Waals surface area contributed by atoms with Gasteiger partial charge in [-0.05, 0) is 43.4 Å². The van der Waals surface area contributed by atoms with E-state index in [2.05, 4.69) is 9.88 Å². The van der Waals surface area contributed by atoms with Crippen molar-refractivity contribution in [2.24, 2.45) is 0 Å². The van der Waals surface area contributed by atoms with Crippen LogP contribution in [0.15, 0.2) is 36.4 Å². The molecule has 0 fully saturated rings. The van der Waals surface area contributed by atoms with Crippen LogP contribution in [0.1, 0.15) is 24.2 Å². The summed E-state index contributed by atoms with van der Waals surface area (Å²) in [6.07, 6.45) is 0. The Bertz CT molecular complexity index is 975. The molecule has 0 aliphatic carbocycles. The molecule has 0 aliphatic heterocycles. The van der Waals surface area contributed by atoms with Crippen molar-refractivity contribution in [3.63, 3.8) is 0 Å². The molecule has 3 rings (SSSR count). The number of carbonyl (C=O) groups is 1. The molecule has 156 valence electrons. The van der Waals surface area contributed by atoms with Gasteiger partial charge in [0.1, 0.15) is 17.2 Å². The van der Waals surface area contributed by atoms with E-state index in [4.69, 9.17) is 11.6 Å². The molecule has 0 radical (unpaired) electrons. The number of aromatic nitrogens is 1. The van der Waals surface area contributed by atoms with Crippen LogP contribution in [0.3, 0.4) is 0 Å². The third kappa shape index (κ3) is 5.22. The lowest BCUT2D eigenvalue weighted by molar-refractivity contribution is 0.0975. The van der Waals surface area contributed by atoms with Crippen molar-refractivity contribution in [3.05, 3.63) is 58.6 Å². The first kappa shape index (κ1) is 23.5. The van der Waals surface area contributed by atoms with E-state index in [1.807, 2.05) is 13.8 Å². The molecule has 2 aromatic carbocycles. The Morgan fingerprint density at radius 2 is 1.76 bits per heavy atom. The second-order valence-corrected chi connectivity index (χ2v) is 7.63. The molecule has 29 heavy (non-hydrogen) atoms. The fourth-order valence-corrected chi connectivity index (χ4v) is 4.17. The minimum Gasteiger partial charge on any atom is -0.302 e. The van der Waals surface area contributed by atoms with Crippen LogP contribution in [0, 0.1) is 11.6 Å². The van der Waals surface area contributed by atoms with E-state index in [0.29, 0.717) is 22.2 Å². The van der Waals surface area contributed by atoms with Crippen molar-refractivity contribution >= 4 is 56.6 Å². The molecular formula is C20H21Cl2F2N3OS. The molecule has 0 saturated carbocycles. The zero-order valence-electron chi connectivity index (χ0n) is 16.0. The summed E-state index contributed by atoms with van der Waals surface area (Å²) in [6, 6.07) is 8.63. The van der Waals surface area contributed by atoms with Gasteiger partial charge >= 0.3 is 0 Å². The van der Waals surface area contributed by atoms with Gasteiger partial charge in [0.25, 0.3) is 5.91 Å². The fraction of sp³-hybridized carbons (Fsp3) is 0.300. The van der Waals surface area contributed by atoms with Crippen LogP contribution in [0.5, 0.6) is 0 Å². The standard InChI is InChI=1S/C20H20ClF2N3OS.ClH/c1-3-25(4-2)10-11-26(19(27)18-14(22)6-5-7-15(18)23)20-24-16-9-8-13(21)12-17(16)28-20;/h5-9,12H,3-4,10-11H2,1-2H3;1H. The molecule has 0 spiro atoms. The first-order valence-corrected chi connectivity index (χ1v) is 10.2. The van der Waals surface area contributed by atoms with Crippen LogP contribution in [0.25, 0.3) is 10.2 Å². The number of thiazole rings is 1. The van der Waals surface area contributed by atoms with Gasteiger partial charge in [-0.3, -0.25) is 9.69 Å². The van der Waals surface area contributed by atoms with Crippen LogP contribution in [0.2, 0.25) is 5.02 Å². The van der Waals surface area contributed by atoms with Crippen LogP contribution >= 0.6 is 35.3 Å². The molecule has 9 heteroatoms. The van der Waals surface area contributed by atoms with Crippen molar-refractivity contribution in [2.75, 3.05) is 31.1 Å². The van der Waals surface area contributed by atoms with Crippen LogP contribution in [-0.2, 0) is 0 Å². The number of likely N-dealkylation sites (N-methyl/N-ethyl adjacent to an activating group) is 1. The lowest BCUT2D eigenvalue weighted by Gasteiger charge is -2.25. The number of carbonyl (C=O) groups excluding carboxylic acids is 1. The van der Waals surface area contributed by atoms with E-state index in [-0.39, 0.29) is 19.0 Å². The molecule has 3 aromatic rings. The summed E-state index contributed by atoms with van der Waals surface area (Å²) in [6.45, 7) is 6.48. The van der Waals surface area contributed by atoms with Gasteiger partial charge in [0.2, 0.25) is 0 Å².